The molecule has 0 unspecified atom stereocenters. The van der Waals surface area contributed by atoms with Crippen LogP contribution in [0.2, 0.25) is 0 Å². The second-order valence-electron chi connectivity index (χ2n) is 14.1. The Hall–Kier alpha value is -5.96. The number of hydrogen-bond acceptors (Lipinski definition) is 2. The highest BCUT2D eigenvalue weighted by molar-refractivity contribution is 7.26. The van der Waals surface area contributed by atoms with Crippen molar-refractivity contribution in [1.82, 2.24) is 0 Å². The van der Waals surface area contributed by atoms with Gasteiger partial charge < -0.3 is 4.90 Å². The fourth-order valence-corrected chi connectivity index (χ4v) is 9.56. The minimum Gasteiger partial charge on any atom is -0.308 e. The summed E-state index contributed by atoms with van der Waals surface area (Å²) in [7, 11) is 0. The summed E-state index contributed by atoms with van der Waals surface area (Å²) in [4.78, 5) is 2.50. The van der Waals surface area contributed by atoms with E-state index in [1.807, 2.05) is 11.3 Å². The summed E-state index contributed by atoms with van der Waals surface area (Å²) in [6.45, 7) is 4.78. The molecule has 1 aliphatic carbocycles. The summed E-state index contributed by atoms with van der Waals surface area (Å²) < 4.78 is 2.60. The maximum Gasteiger partial charge on any atom is 0.0640 e. The number of fused-ring (bicyclic) bond motifs is 7. The van der Waals surface area contributed by atoms with Crippen molar-refractivity contribution in [3.63, 3.8) is 0 Å². The molecule has 0 atom stereocenters. The molecule has 0 aliphatic heterocycles. The van der Waals surface area contributed by atoms with Crippen molar-refractivity contribution in [1.29, 1.82) is 0 Å². The first-order valence-corrected chi connectivity index (χ1v) is 18.5. The van der Waals surface area contributed by atoms with Crippen molar-refractivity contribution >= 4 is 59.3 Å². The maximum atomic E-state index is 2.50. The lowest BCUT2D eigenvalue weighted by Crippen LogP contribution is -2.17. The van der Waals surface area contributed by atoms with Gasteiger partial charge in [0, 0.05) is 32.1 Å². The fraction of sp³-hybridized carbons (Fsp3) is 0.0612. The van der Waals surface area contributed by atoms with Crippen LogP contribution in [0.15, 0.2) is 176 Å². The molecule has 10 rings (SSSR count). The van der Waals surface area contributed by atoms with Gasteiger partial charge in [-0.15, -0.1) is 11.3 Å². The second kappa shape index (κ2) is 11.6. The predicted molar refractivity (Wildman–Crippen MR) is 220 cm³/mol. The van der Waals surface area contributed by atoms with Gasteiger partial charge in [-0.2, -0.15) is 0 Å². The van der Waals surface area contributed by atoms with E-state index >= 15 is 0 Å². The topological polar surface area (TPSA) is 3.24 Å². The highest BCUT2D eigenvalue weighted by Gasteiger charge is 2.36. The molecule has 0 radical (unpaired) electrons. The van der Waals surface area contributed by atoms with Crippen LogP contribution in [0.1, 0.15) is 25.0 Å². The van der Waals surface area contributed by atoms with Crippen molar-refractivity contribution in [3.8, 4) is 33.4 Å². The van der Waals surface area contributed by atoms with E-state index in [1.54, 1.807) is 0 Å². The van der Waals surface area contributed by atoms with Gasteiger partial charge >= 0.3 is 0 Å². The molecule has 9 aromatic rings. The highest BCUT2D eigenvalue weighted by Crippen LogP contribution is 2.53. The minimum absolute atomic E-state index is 0.185. The van der Waals surface area contributed by atoms with E-state index < -0.39 is 0 Å². The summed E-state index contributed by atoms with van der Waals surface area (Å²) in [5, 5.41) is 5.17. The Labute approximate surface area is 302 Å². The van der Waals surface area contributed by atoms with Crippen LogP contribution in [0, 0.1) is 0 Å². The van der Waals surface area contributed by atoms with Crippen molar-refractivity contribution in [2.75, 3.05) is 4.90 Å². The molecule has 0 spiro atoms. The third-order valence-electron chi connectivity index (χ3n) is 10.9. The maximum absolute atomic E-state index is 2.50. The van der Waals surface area contributed by atoms with Gasteiger partial charge in [0.15, 0.2) is 0 Å². The van der Waals surface area contributed by atoms with Crippen LogP contribution in [-0.2, 0) is 5.41 Å². The standard InChI is InChI=1S/C49H35NS/c1-49(2)43-30-34(37-21-12-17-32-16-6-7-18-36(32)37)26-28-39(43)40-29-27-35(31-44(40)49)50(45-23-10-8-19-38(45)33-14-4-3-5-15-33)46-24-13-22-42-41-20-9-11-25-47(41)51-48(42)46/h3-31H,1-2H3. The van der Waals surface area contributed by atoms with Gasteiger partial charge in [0.25, 0.3) is 0 Å². The largest absolute Gasteiger partial charge is 0.308 e. The Bertz CT molecular complexity index is 2780. The fourth-order valence-electron chi connectivity index (χ4n) is 8.36. The van der Waals surface area contributed by atoms with Gasteiger partial charge in [0.05, 0.1) is 16.1 Å². The molecular weight excluding hydrogens is 635 g/mol. The molecule has 0 saturated carbocycles. The van der Waals surface area contributed by atoms with Gasteiger partial charge in [-0.05, 0) is 86.1 Å². The third kappa shape index (κ3) is 4.67. The first-order chi connectivity index (χ1) is 25.1. The molecule has 1 nitrogen and oxygen atoms in total. The Morgan fingerprint density at radius 2 is 1.06 bits per heavy atom. The van der Waals surface area contributed by atoms with E-state index in [9.17, 15) is 0 Å². The molecule has 0 bridgehead atoms. The Balaban J connectivity index is 1.17. The molecule has 0 saturated heterocycles. The molecule has 2 heteroatoms. The molecule has 51 heavy (non-hydrogen) atoms. The number of rotatable bonds is 5. The third-order valence-corrected chi connectivity index (χ3v) is 12.1. The average Bonchev–Trinajstić information content (AvgIpc) is 3.67. The van der Waals surface area contributed by atoms with Gasteiger partial charge in [-0.3, -0.25) is 0 Å². The van der Waals surface area contributed by atoms with Crippen LogP contribution in [0.5, 0.6) is 0 Å². The van der Waals surface area contributed by atoms with Crippen molar-refractivity contribution in [2.45, 2.75) is 19.3 Å². The van der Waals surface area contributed by atoms with Crippen LogP contribution in [0.4, 0.5) is 17.1 Å². The number of anilines is 3. The molecule has 0 amide bonds. The minimum atomic E-state index is -0.185. The predicted octanol–water partition coefficient (Wildman–Crippen LogP) is 14.3. The quantitative estimate of drug-likeness (QED) is 0.176. The van der Waals surface area contributed by atoms with Crippen molar-refractivity contribution in [3.05, 3.63) is 187 Å². The number of para-hydroxylation sites is 1. The molecule has 0 fully saturated rings. The normalized spacial score (nSPS) is 13.1. The molecule has 0 N–H and O–H groups in total. The van der Waals surface area contributed by atoms with E-state index in [-0.39, 0.29) is 5.41 Å². The zero-order chi connectivity index (χ0) is 34.1. The first-order valence-electron chi connectivity index (χ1n) is 17.7. The Morgan fingerprint density at radius 1 is 0.431 bits per heavy atom. The van der Waals surface area contributed by atoms with E-state index in [0.717, 1.165) is 5.69 Å². The molecule has 1 aliphatic rings. The SMILES string of the molecule is CC1(C)c2cc(-c3cccc4ccccc34)ccc2-c2ccc(N(c3ccccc3-c3ccccc3)c3cccc4c3sc3ccccc34)cc21. The van der Waals surface area contributed by atoms with Gasteiger partial charge in [-0.25, -0.2) is 0 Å². The lowest BCUT2D eigenvalue weighted by molar-refractivity contribution is 0.660. The molecule has 242 valence electrons. The van der Waals surface area contributed by atoms with E-state index in [1.165, 1.54) is 86.8 Å². The highest BCUT2D eigenvalue weighted by atomic mass is 32.1. The van der Waals surface area contributed by atoms with Crippen LogP contribution >= 0.6 is 11.3 Å². The summed E-state index contributed by atoms with van der Waals surface area (Å²) >= 11 is 1.88. The first kappa shape index (κ1) is 29.9. The zero-order valence-corrected chi connectivity index (χ0v) is 29.4. The van der Waals surface area contributed by atoms with Gasteiger partial charge in [-0.1, -0.05) is 153 Å². The molecular formula is C49H35NS. The van der Waals surface area contributed by atoms with Crippen LogP contribution in [-0.4, -0.2) is 0 Å². The second-order valence-corrected chi connectivity index (χ2v) is 15.2. The van der Waals surface area contributed by atoms with Gasteiger partial charge in [0.2, 0.25) is 0 Å². The van der Waals surface area contributed by atoms with Crippen LogP contribution in [0.3, 0.4) is 0 Å². The van der Waals surface area contributed by atoms with Crippen molar-refractivity contribution in [2.24, 2.45) is 0 Å². The Kier molecular flexibility index (Phi) is 6.78. The lowest BCUT2D eigenvalue weighted by Gasteiger charge is -2.30. The summed E-state index contributed by atoms with van der Waals surface area (Å²) in [6.07, 6.45) is 0. The van der Waals surface area contributed by atoms with Gasteiger partial charge in [0.1, 0.15) is 0 Å². The van der Waals surface area contributed by atoms with E-state index in [0.29, 0.717) is 0 Å². The van der Waals surface area contributed by atoms with Crippen LogP contribution in [0.25, 0.3) is 64.3 Å². The summed E-state index contributed by atoms with van der Waals surface area (Å²) in [5.41, 5.74) is 13.7. The average molecular weight is 670 g/mol. The zero-order valence-electron chi connectivity index (χ0n) is 28.6. The van der Waals surface area contributed by atoms with E-state index in [4.69, 9.17) is 0 Å². The van der Waals surface area contributed by atoms with Crippen LogP contribution < -0.4 is 4.90 Å². The lowest BCUT2D eigenvalue weighted by atomic mass is 9.81. The summed E-state index contributed by atoms with van der Waals surface area (Å²) in [5.74, 6) is 0. The molecule has 8 aromatic carbocycles. The molecule has 1 heterocycles. The number of benzene rings is 8. The van der Waals surface area contributed by atoms with Crippen molar-refractivity contribution < 1.29 is 0 Å². The summed E-state index contributed by atoms with van der Waals surface area (Å²) in [6, 6.07) is 64.8. The van der Waals surface area contributed by atoms with E-state index in [2.05, 4.69) is 195 Å². The number of hydrogen-bond donors (Lipinski definition) is 0. The Morgan fingerprint density at radius 3 is 1.94 bits per heavy atom. The molecule has 1 aromatic heterocycles. The number of nitrogens with zero attached hydrogens (tertiary/aromatic N) is 1. The monoisotopic (exact) mass is 669 g/mol. The number of thiophene rings is 1. The smallest absolute Gasteiger partial charge is 0.0640 e.